The van der Waals surface area contributed by atoms with Crippen molar-refractivity contribution in [2.75, 3.05) is 17.2 Å². The lowest BCUT2D eigenvalue weighted by Crippen LogP contribution is -2.12. The Morgan fingerprint density at radius 3 is 2.28 bits per heavy atom. The van der Waals surface area contributed by atoms with Crippen LogP contribution in [0.15, 0.2) is 72.8 Å². The summed E-state index contributed by atoms with van der Waals surface area (Å²) in [5.41, 5.74) is 2.62. The van der Waals surface area contributed by atoms with Crippen LogP contribution in [0, 0.1) is 10.1 Å². The van der Waals surface area contributed by atoms with E-state index in [1.165, 1.54) is 6.07 Å². The molecule has 1 amide bonds. The maximum atomic E-state index is 12.4. The standard InChI is InChI=1S/C22H21N3O4/c1-2-29-20-13-11-19(12-14-20)24-22(26)16-7-9-18(10-8-16)23-15-17-5-3-4-6-21(17)25(27)28/h3-14,23H,2,15H2,1H3,(H,24,26). The van der Waals surface area contributed by atoms with Gasteiger partial charge in [-0.1, -0.05) is 18.2 Å². The maximum absolute atomic E-state index is 12.4. The number of nitro groups is 1. The van der Waals surface area contributed by atoms with E-state index in [0.717, 1.165) is 11.4 Å². The van der Waals surface area contributed by atoms with Crippen molar-refractivity contribution in [3.8, 4) is 5.75 Å². The third-order valence-electron chi connectivity index (χ3n) is 4.24. The number of nitrogens with zero attached hydrogens (tertiary/aromatic N) is 1. The van der Waals surface area contributed by atoms with Gasteiger partial charge in [0.1, 0.15) is 5.75 Å². The van der Waals surface area contributed by atoms with Gasteiger partial charge in [-0.2, -0.15) is 0 Å². The molecule has 0 aliphatic carbocycles. The molecule has 7 heteroatoms. The van der Waals surface area contributed by atoms with Crippen LogP contribution >= 0.6 is 0 Å². The van der Waals surface area contributed by atoms with E-state index in [9.17, 15) is 14.9 Å². The van der Waals surface area contributed by atoms with Gasteiger partial charge in [0.2, 0.25) is 0 Å². The molecule has 0 heterocycles. The van der Waals surface area contributed by atoms with Crippen molar-refractivity contribution in [3.05, 3.63) is 94.0 Å². The average Bonchev–Trinajstić information content (AvgIpc) is 2.74. The molecule has 0 aliphatic rings. The van der Waals surface area contributed by atoms with Crippen LogP contribution in [0.1, 0.15) is 22.8 Å². The first kappa shape index (κ1) is 19.9. The fraction of sp³-hybridized carbons (Fsp3) is 0.136. The molecule has 0 radical (unpaired) electrons. The summed E-state index contributed by atoms with van der Waals surface area (Å²) in [5.74, 6) is 0.527. The van der Waals surface area contributed by atoms with E-state index in [1.807, 2.05) is 6.92 Å². The Balaban J connectivity index is 1.59. The van der Waals surface area contributed by atoms with Crippen LogP contribution in [0.3, 0.4) is 0 Å². The number of nitrogens with one attached hydrogen (secondary N) is 2. The molecule has 0 saturated heterocycles. The number of benzene rings is 3. The number of nitro benzene ring substituents is 1. The second-order valence-electron chi connectivity index (χ2n) is 6.23. The summed E-state index contributed by atoms with van der Waals surface area (Å²) in [4.78, 5) is 23.1. The second kappa shape index (κ2) is 9.36. The molecule has 0 unspecified atom stereocenters. The zero-order chi connectivity index (χ0) is 20.6. The number of para-hydroxylation sites is 1. The van der Waals surface area contributed by atoms with Gasteiger partial charge in [-0.3, -0.25) is 14.9 Å². The van der Waals surface area contributed by atoms with Gasteiger partial charge in [0.25, 0.3) is 11.6 Å². The molecule has 7 nitrogen and oxygen atoms in total. The maximum Gasteiger partial charge on any atom is 0.274 e. The number of hydrogen-bond donors (Lipinski definition) is 2. The lowest BCUT2D eigenvalue weighted by atomic mass is 10.1. The molecule has 0 bridgehead atoms. The molecule has 0 aromatic heterocycles. The quantitative estimate of drug-likeness (QED) is 0.423. The highest BCUT2D eigenvalue weighted by molar-refractivity contribution is 6.04. The normalized spacial score (nSPS) is 10.2. The molecule has 0 saturated carbocycles. The third kappa shape index (κ3) is 5.32. The number of ether oxygens (including phenoxy) is 1. The predicted octanol–water partition coefficient (Wildman–Crippen LogP) is 4.86. The van der Waals surface area contributed by atoms with Gasteiger partial charge < -0.3 is 15.4 Å². The second-order valence-corrected chi connectivity index (χ2v) is 6.23. The van der Waals surface area contributed by atoms with Crippen LogP contribution in [-0.4, -0.2) is 17.4 Å². The van der Waals surface area contributed by atoms with Gasteiger partial charge in [0.05, 0.1) is 11.5 Å². The summed E-state index contributed by atoms with van der Waals surface area (Å²) in [6, 6.07) is 20.7. The number of anilines is 2. The van der Waals surface area contributed by atoms with Crippen molar-refractivity contribution >= 4 is 23.0 Å². The van der Waals surface area contributed by atoms with Crippen molar-refractivity contribution in [1.82, 2.24) is 0 Å². The van der Waals surface area contributed by atoms with Crippen molar-refractivity contribution in [1.29, 1.82) is 0 Å². The first-order valence-electron chi connectivity index (χ1n) is 9.17. The number of hydrogen-bond acceptors (Lipinski definition) is 5. The zero-order valence-corrected chi connectivity index (χ0v) is 15.9. The summed E-state index contributed by atoms with van der Waals surface area (Å²) in [6.07, 6.45) is 0. The van der Waals surface area contributed by atoms with Crippen molar-refractivity contribution < 1.29 is 14.5 Å². The molecular formula is C22H21N3O4. The number of amides is 1. The van der Waals surface area contributed by atoms with Crippen LogP contribution in [-0.2, 0) is 6.54 Å². The van der Waals surface area contributed by atoms with Crippen molar-refractivity contribution in [3.63, 3.8) is 0 Å². The first-order chi connectivity index (χ1) is 14.1. The molecule has 3 rings (SSSR count). The van der Waals surface area contributed by atoms with E-state index in [1.54, 1.807) is 66.7 Å². The molecule has 0 fully saturated rings. The van der Waals surface area contributed by atoms with Gasteiger partial charge in [0.15, 0.2) is 0 Å². The topological polar surface area (TPSA) is 93.5 Å². The van der Waals surface area contributed by atoms with E-state index >= 15 is 0 Å². The van der Waals surface area contributed by atoms with E-state index < -0.39 is 4.92 Å². The van der Waals surface area contributed by atoms with Crippen LogP contribution in [0.4, 0.5) is 17.1 Å². The average molecular weight is 391 g/mol. The fourth-order valence-corrected chi connectivity index (χ4v) is 2.78. The number of rotatable bonds is 8. The Kier molecular flexibility index (Phi) is 6.42. The summed E-state index contributed by atoms with van der Waals surface area (Å²) >= 11 is 0. The molecule has 29 heavy (non-hydrogen) atoms. The van der Waals surface area contributed by atoms with Crippen LogP contribution in [0.5, 0.6) is 5.75 Å². The van der Waals surface area contributed by atoms with Gasteiger partial charge in [-0.25, -0.2) is 0 Å². The SMILES string of the molecule is CCOc1ccc(NC(=O)c2ccc(NCc3ccccc3[N+](=O)[O-])cc2)cc1. The molecule has 2 N–H and O–H groups in total. The lowest BCUT2D eigenvalue weighted by molar-refractivity contribution is -0.385. The minimum Gasteiger partial charge on any atom is -0.494 e. The van der Waals surface area contributed by atoms with Gasteiger partial charge >= 0.3 is 0 Å². The van der Waals surface area contributed by atoms with E-state index in [-0.39, 0.29) is 11.6 Å². The minimum atomic E-state index is -0.397. The van der Waals surface area contributed by atoms with Crippen LogP contribution in [0.25, 0.3) is 0 Å². The number of carbonyl (C=O) groups excluding carboxylic acids is 1. The predicted molar refractivity (Wildman–Crippen MR) is 112 cm³/mol. The monoisotopic (exact) mass is 391 g/mol. The smallest absolute Gasteiger partial charge is 0.274 e. The molecule has 148 valence electrons. The number of carbonyl (C=O) groups is 1. The van der Waals surface area contributed by atoms with E-state index in [0.29, 0.717) is 30.0 Å². The van der Waals surface area contributed by atoms with Crippen molar-refractivity contribution in [2.24, 2.45) is 0 Å². The largest absolute Gasteiger partial charge is 0.494 e. The summed E-state index contributed by atoms with van der Waals surface area (Å²) in [5, 5.41) is 17.1. The van der Waals surface area contributed by atoms with Gasteiger partial charge in [0, 0.05) is 35.1 Å². The molecule has 0 aliphatic heterocycles. The Morgan fingerprint density at radius 2 is 1.62 bits per heavy atom. The molecule has 3 aromatic carbocycles. The Hall–Kier alpha value is -3.87. The summed E-state index contributed by atoms with van der Waals surface area (Å²) < 4.78 is 5.38. The first-order valence-corrected chi connectivity index (χ1v) is 9.17. The summed E-state index contributed by atoms with van der Waals surface area (Å²) in [6.45, 7) is 2.81. The molecular weight excluding hydrogens is 370 g/mol. The van der Waals surface area contributed by atoms with Gasteiger partial charge in [-0.05, 0) is 55.5 Å². The highest BCUT2D eigenvalue weighted by Gasteiger charge is 2.12. The van der Waals surface area contributed by atoms with E-state index in [4.69, 9.17) is 4.74 Å². The highest BCUT2D eigenvalue weighted by Crippen LogP contribution is 2.20. The molecule has 0 spiro atoms. The van der Waals surface area contributed by atoms with Crippen molar-refractivity contribution in [2.45, 2.75) is 13.5 Å². The van der Waals surface area contributed by atoms with Crippen LogP contribution in [0.2, 0.25) is 0 Å². The molecule has 0 atom stereocenters. The van der Waals surface area contributed by atoms with Crippen LogP contribution < -0.4 is 15.4 Å². The zero-order valence-electron chi connectivity index (χ0n) is 15.9. The summed E-state index contributed by atoms with van der Waals surface area (Å²) in [7, 11) is 0. The molecule has 3 aromatic rings. The lowest BCUT2D eigenvalue weighted by Gasteiger charge is -2.09. The fourth-order valence-electron chi connectivity index (χ4n) is 2.78. The Morgan fingerprint density at radius 1 is 0.966 bits per heavy atom. The highest BCUT2D eigenvalue weighted by atomic mass is 16.6. The third-order valence-corrected chi connectivity index (χ3v) is 4.24. The van der Waals surface area contributed by atoms with Gasteiger partial charge in [-0.15, -0.1) is 0 Å². The Bertz CT molecular complexity index is 986. The van der Waals surface area contributed by atoms with E-state index in [2.05, 4.69) is 10.6 Å². The minimum absolute atomic E-state index is 0.0753. The Labute approximate surface area is 168 Å².